The summed E-state index contributed by atoms with van der Waals surface area (Å²) in [4.78, 5) is 12.3. The third-order valence-electron chi connectivity index (χ3n) is 3.87. The van der Waals surface area contributed by atoms with Crippen LogP contribution >= 0.6 is 11.6 Å². The van der Waals surface area contributed by atoms with E-state index in [9.17, 15) is 4.79 Å². The number of methoxy groups -OCH3 is 1. The average Bonchev–Trinajstić information content (AvgIpc) is 2.48. The number of alkyl halides is 1. The van der Waals surface area contributed by atoms with E-state index < -0.39 is 0 Å². The van der Waals surface area contributed by atoms with E-state index in [-0.39, 0.29) is 23.1 Å². The smallest absolute Gasteiger partial charge is 0.227 e. The summed E-state index contributed by atoms with van der Waals surface area (Å²) >= 11 is 6.31. The Hall–Kier alpha value is -1.26. The second-order valence-corrected chi connectivity index (χ2v) is 5.74. The van der Waals surface area contributed by atoms with Gasteiger partial charge in [-0.25, -0.2) is 0 Å². The lowest BCUT2D eigenvalue weighted by atomic mass is 9.85. The average molecular weight is 297 g/mol. The molecule has 0 radical (unpaired) electrons. The summed E-state index contributed by atoms with van der Waals surface area (Å²) in [6.45, 7) is 3.64. The van der Waals surface area contributed by atoms with Crippen LogP contribution in [-0.2, 0) is 4.79 Å². The molecule has 1 saturated heterocycles. The van der Waals surface area contributed by atoms with Crippen molar-refractivity contribution in [1.29, 1.82) is 0 Å². The van der Waals surface area contributed by atoms with E-state index in [1.165, 1.54) is 0 Å². The van der Waals surface area contributed by atoms with Crippen molar-refractivity contribution in [1.82, 2.24) is 5.32 Å². The minimum Gasteiger partial charge on any atom is -0.497 e. The number of rotatable bonds is 4. The Morgan fingerprint density at radius 3 is 2.75 bits per heavy atom. The quantitative estimate of drug-likeness (QED) is 0.839. The van der Waals surface area contributed by atoms with Gasteiger partial charge in [0.15, 0.2) is 0 Å². The van der Waals surface area contributed by atoms with Crippen LogP contribution in [-0.4, -0.2) is 31.5 Å². The molecule has 1 aromatic rings. The van der Waals surface area contributed by atoms with Crippen molar-refractivity contribution in [2.24, 2.45) is 11.8 Å². The first kappa shape index (κ1) is 15.1. The normalized spacial score (nSPS) is 23.9. The molecule has 2 unspecified atom stereocenters. The van der Waals surface area contributed by atoms with E-state index in [1.807, 2.05) is 31.2 Å². The minimum atomic E-state index is -0.0956. The van der Waals surface area contributed by atoms with Crippen LogP contribution in [0.4, 0.5) is 5.69 Å². The molecular formula is C15H21ClN2O2. The maximum Gasteiger partial charge on any atom is 0.227 e. The lowest BCUT2D eigenvalue weighted by Crippen LogP contribution is -2.43. The minimum absolute atomic E-state index is 0.0142. The first-order chi connectivity index (χ1) is 9.61. The van der Waals surface area contributed by atoms with E-state index in [2.05, 4.69) is 10.6 Å². The molecule has 110 valence electrons. The van der Waals surface area contributed by atoms with Crippen LogP contribution in [0.2, 0.25) is 0 Å². The molecule has 0 spiro atoms. The Balaban J connectivity index is 1.95. The topological polar surface area (TPSA) is 50.4 Å². The summed E-state index contributed by atoms with van der Waals surface area (Å²) in [6.07, 6.45) is 0.936. The number of amides is 1. The Morgan fingerprint density at radius 1 is 1.45 bits per heavy atom. The molecule has 0 bridgehead atoms. The Labute approximate surface area is 124 Å². The molecule has 1 fully saturated rings. The molecule has 1 aliphatic heterocycles. The number of carbonyl (C=O) groups excluding carboxylic acids is 1. The zero-order valence-electron chi connectivity index (χ0n) is 11.9. The van der Waals surface area contributed by atoms with Gasteiger partial charge in [0.2, 0.25) is 5.91 Å². The van der Waals surface area contributed by atoms with Gasteiger partial charge in [0.05, 0.1) is 7.11 Å². The molecule has 1 aliphatic rings. The standard InChI is InChI=1S/C15H21ClN2O2/c1-10(13-7-8-17-9-14(13)16)15(19)18-11-3-5-12(20-2)6-4-11/h3-6,10,13-14,17H,7-9H2,1-2H3,(H,18,19)/t10-,13?,14?/m1/s1. The first-order valence-corrected chi connectivity index (χ1v) is 7.35. The van der Waals surface area contributed by atoms with Gasteiger partial charge in [-0.05, 0) is 43.1 Å². The molecule has 3 atom stereocenters. The zero-order chi connectivity index (χ0) is 14.5. The third kappa shape index (κ3) is 3.64. The van der Waals surface area contributed by atoms with Crippen molar-refractivity contribution in [2.75, 3.05) is 25.5 Å². The van der Waals surface area contributed by atoms with Crippen LogP contribution < -0.4 is 15.4 Å². The monoisotopic (exact) mass is 296 g/mol. The third-order valence-corrected chi connectivity index (χ3v) is 4.35. The number of carbonyl (C=O) groups is 1. The maximum atomic E-state index is 12.3. The zero-order valence-corrected chi connectivity index (χ0v) is 12.6. The van der Waals surface area contributed by atoms with Crippen LogP contribution in [0.25, 0.3) is 0 Å². The van der Waals surface area contributed by atoms with E-state index in [1.54, 1.807) is 7.11 Å². The molecule has 0 aliphatic carbocycles. The molecule has 1 amide bonds. The van der Waals surface area contributed by atoms with Gasteiger partial charge < -0.3 is 15.4 Å². The molecule has 4 nitrogen and oxygen atoms in total. The Morgan fingerprint density at radius 2 is 2.15 bits per heavy atom. The first-order valence-electron chi connectivity index (χ1n) is 6.91. The van der Waals surface area contributed by atoms with Crippen molar-refractivity contribution < 1.29 is 9.53 Å². The van der Waals surface area contributed by atoms with Crippen LogP contribution in [0, 0.1) is 11.8 Å². The number of benzene rings is 1. The van der Waals surface area contributed by atoms with Crippen LogP contribution in [0.5, 0.6) is 5.75 Å². The van der Waals surface area contributed by atoms with Crippen LogP contribution in [0.3, 0.4) is 0 Å². The van der Waals surface area contributed by atoms with Gasteiger partial charge in [-0.15, -0.1) is 11.6 Å². The summed E-state index contributed by atoms with van der Waals surface area (Å²) in [5.74, 6) is 0.917. The fraction of sp³-hybridized carbons (Fsp3) is 0.533. The number of hydrogen-bond acceptors (Lipinski definition) is 3. The number of ether oxygens (including phenoxy) is 1. The molecular weight excluding hydrogens is 276 g/mol. The number of hydrogen-bond donors (Lipinski definition) is 2. The molecule has 2 N–H and O–H groups in total. The van der Waals surface area contributed by atoms with Gasteiger partial charge >= 0.3 is 0 Å². The molecule has 1 aromatic carbocycles. The maximum absolute atomic E-state index is 12.3. The number of nitrogens with one attached hydrogen (secondary N) is 2. The largest absolute Gasteiger partial charge is 0.497 e. The number of piperidine rings is 1. The summed E-state index contributed by atoms with van der Waals surface area (Å²) in [7, 11) is 1.62. The van der Waals surface area contributed by atoms with Crippen LogP contribution in [0.1, 0.15) is 13.3 Å². The highest BCUT2D eigenvalue weighted by atomic mass is 35.5. The summed E-state index contributed by atoms with van der Waals surface area (Å²) in [5, 5.41) is 6.19. The van der Waals surface area contributed by atoms with Crippen molar-refractivity contribution in [3.05, 3.63) is 24.3 Å². The SMILES string of the molecule is COc1ccc(NC(=O)[C@H](C)C2CCNCC2Cl)cc1. The Bertz CT molecular complexity index is 450. The van der Waals surface area contributed by atoms with Crippen molar-refractivity contribution in [3.63, 3.8) is 0 Å². The van der Waals surface area contributed by atoms with Gasteiger partial charge in [-0.3, -0.25) is 4.79 Å². The molecule has 0 saturated carbocycles. The molecule has 0 aromatic heterocycles. The predicted octanol–water partition coefficient (Wildman–Crippen LogP) is 2.49. The number of halogens is 1. The molecule has 5 heteroatoms. The van der Waals surface area contributed by atoms with Gasteiger partial charge in [-0.1, -0.05) is 6.92 Å². The highest BCUT2D eigenvalue weighted by Gasteiger charge is 2.31. The van der Waals surface area contributed by atoms with Gasteiger partial charge in [0, 0.05) is 23.5 Å². The summed E-state index contributed by atoms with van der Waals surface area (Å²) < 4.78 is 5.09. The summed E-state index contributed by atoms with van der Waals surface area (Å²) in [5.41, 5.74) is 0.780. The number of anilines is 1. The predicted molar refractivity (Wildman–Crippen MR) is 81.4 cm³/mol. The molecule has 1 heterocycles. The summed E-state index contributed by atoms with van der Waals surface area (Å²) in [6, 6.07) is 7.33. The van der Waals surface area contributed by atoms with E-state index >= 15 is 0 Å². The fourth-order valence-electron chi connectivity index (χ4n) is 2.53. The van der Waals surface area contributed by atoms with Crippen molar-refractivity contribution in [2.45, 2.75) is 18.7 Å². The van der Waals surface area contributed by atoms with Crippen LogP contribution in [0.15, 0.2) is 24.3 Å². The van der Waals surface area contributed by atoms with E-state index in [0.717, 1.165) is 30.9 Å². The van der Waals surface area contributed by atoms with E-state index in [4.69, 9.17) is 16.3 Å². The highest BCUT2D eigenvalue weighted by Crippen LogP contribution is 2.27. The van der Waals surface area contributed by atoms with Gasteiger partial charge in [0.25, 0.3) is 0 Å². The lowest BCUT2D eigenvalue weighted by Gasteiger charge is -2.31. The van der Waals surface area contributed by atoms with Crippen molar-refractivity contribution in [3.8, 4) is 5.75 Å². The molecule has 2 rings (SSSR count). The van der Waals surface area contributed by atoms with Crippen molar-refractivity contribution >= 4 is 23.2 Å². The van der Waals surface area contributed by atoms with Gasteiger partial charge in [-0.2, -0.15) is 0 Å². The van der Waals surface area contributed by atoms with Gasteiger partial charge in [0.1, 0.15) is 5.75 Å². The molecule has 20 heavy (non-hydrogen) atoms. The fourth-order valence-corrected chi connectivity index (χ4v) is 2.98. The lowest BCUT2D eigenvalue weighted by molar-refractivity contribution is -0.121. The highest BCUT2D eigenvalue weighted by molar-refractivity contribution is 6.21. The Kier molecular flexibility index (Phi) is 5.26. The second kappa shape index (κ2) is 6.95. The second-order valence-electron chi connectivity index (χ2n) is 5.18. The van der Waals surface area contributed by atoms with E-state index in [0.29, 0.717) is 0 Å².